The molecule has 1 aromatic carbocycles. The minimum atomic E-state index is -1.13. The smallest absolute Gasteiger partial charge is 0.129 e. The average Bonchev–Trinajstić information content (AvgIpc) is 2.61. The largest absolute Gasteiger partial charge is 0.386 e. The maximum absolute atomic E-state index is 13.5. The average molecular weight is 252 g/mol. The fourth-order valence-electron chi connectivity index (χ4n) is 1.89. The molecule has 0 unspecified atom stereocenters. The molecule has 3 nitrogen and oxygen atoms in total. The Hall–Kier alpha value is -1.75. The van der Waals surface area contributed by atoms with E-state index in [0.29, 0.717) is 0 Å². The van der Waals surface area contributed by atoms with Crippen LogP contribution in [-0.2, 0) is 6.54 Å². The lowest BCUT2D eigenvalue weighted by atomic mass is 10.1. The van der Waals surface area contributed by atoms with E-state index in [2.05, 4.69) is 5.10 Å². The second kappa shape index (κ2) is 4.86. The number of aliphatic hydroxyl groups is 1. The Morgan fingerprint density at radius 3 is 2.61 bits per heavy atom. The molecule has 0 bridgehead atoms. The summed E-state index contributed by atoms with van der Waals surface area (Å²) in [6.45, 7) is 3.77. The van der Waals surface area contributed by atoms with Crippen LogP contribution in [0.2, 0.25) is 0 Å². The fourth-order valence-corrected chi connectivity index (χ4v) is 1.89. The zero-order valence-electron chi connectivity index (χ0n) is 10.2. The topological polar surface area (TPSA) is 38.0 Å². The molecule has 0 aliphatic carbocycles. The number of aromatic nitrogens is 2. The summed E-state index contributed by atoms with van der Waals surface area (Å²) in [5, 5.41) is 14.1. The lowest BCUT2D eigenvalue weighted by Gasteiger charge is -2.13. The van der Waals surface area contributed by atoms with Crippen LogP contribution in [0.25, 0.3) is 0 Å². The SMILES string of the molecule is Cc1cc(C)n(C[C@@H](O)c2cc(F)ccc2F)n1. The summed E-state index contributed by atoms with van der Waals surface area (Å²) in [6.07, 6.45) is -1.13. The second-order valence-electron chi connectivity index (χ2n) is 4.29. The van der Waals surface area contributed by atoms with Crippen LogP contribution in [0.15, 0.2) is 24.3 Å². The van der Waals surface area contributed by atoms with Crippen molar-refractivity contribution >= 4 is 0 Å². The lowest BCUT2D eigenvalue weighted by molar-refractivity contribution is 0.145. The van der Waals surface area contributed by atoms with Crippen LogP contribution in [-0.4, -0.2) is 14.9 Å². The van der Waals surface area contributed by atoms with Crippen molar-refractivity contribution in [3.05, 3.63) is 52.9 Å². The van der Waals surface area contributed by atoms with Gasteiger partial charge in [-0.2, -0.15) is 5.10 Å². The maximum Gasteiger partial charge on any atom is 0.129 e. The standard InChI is InChI=1S/C13H14F2N2O/c1-8-5-9(2)17(16-8)7-13(18)11-6-10(14)3-4-12(11)15/h3-6,13,18H,7H2,1-2H3/t13-/m1/s1. The first-order valence-corrected chi connectivity index (χ1v) is 5.61. The molecule has 0 spiro atoms. The van der Waals surface area contributed by atoms with Crippen molar-refractivity contribution in [2.45, 2.75) is 26.5 Å². The Labute approximate surface area is 104 Å². The highest BCUT2D eigenvalue weighted by molar-refractivity contribution is 5.21. The van der Waals surface area contributed by atoms with E-state index < -0.39 is 17.7 Å². The molecule has 1 aromatic heterocycles. The Kier molecular flexibility index (Phi) is 3.43. The molecule has 0 saturated heterocycles. The van der Waals surface area contributed by atoms with E-state index in [0.717, 1.165) is 29.6 Å². The minimum Gasteiger partial charge on any atom is -0.386 e. The van der Waals surface area contributed by atoms with Crippen LogP contribution in [0.3, 0.4) is 0 Å². The molecule has 2 rings (SSSR count). The van der Waals surface area contributed by atoms with Gasteiger partial charge >= 0.3 is 0 Å². The Bertz CT molecular complexity index is 566. The van der Waals surface area contributed by atoms with Gasteiger partial charge in [-0.1, -0.05) is 0 Å². The third-order valence-corrected chi connectivity index (χ3v) is 2.77. The highest BCUT2D eigenvalue weighted by Gasteiger charge is 2.15. The van der Waals surface area contributed by atoms with Gasteiger partial charge in [0.1, 0.15) is 17.7 Å². The van der Waals surface area contributed by atoms with Gasteiger partial charge in [-0.25, -0.2) is 8.78 Å². The van der Waals surface area contributed by atoms with Crippen LogP contribution >= 0.6 is 0 Å². The van der Waals surface area contributed by atoms with Crippen LogP contribution in [0.5, 0.6) is 0 Å². The molecule has 96 valence electrons. The van der Waals surface area contributed by atoms with Gasteiger partial charge in [-0.05, 0) is 38.1 Å². The predicted molar refractivity (Wildman–Crippen MR) is 63.0 cm³/mol. The summed E-state index contributed by atoms with van der Waals surface area (Å²) in [5.74, 6) is -1.19. The molecular formula is C13H14F2N2O. The summed E-state index contributed by atoms with van der Waals surface area (Å²) >= 11 is 0. The quantitative estimate of drug-likeness (QED) is 0.911. The zero-order chi connectivity index (χ0) is 13.3. The molecule has 1 N–H and O–H groups in total. The second-order valence-corrected chi connectivity index (χ2v) is 4.29. The van der Waals surface area contributed by atoms with Crippen molar-refractivity contribution < 1.29 is 13.9 Å². The molecule has 0 aliphatic heterocycles. The Morgan fingerprint density at radius 1 is 1.28 bits per heavy atom. The number of aliphatic hydroxyl groups excluding tert-OH is 1. The van der Waals surface area contributed by atoms with Gasteiger partial charge in [0.05, 0.1) is 12.2 Å². The van der Waals surface area contributed by atoms with Gasteiger partial charge in [0.15, 0.2) is 0 Å². The molecule has 0 fully saturated rings. The van der Waals surface area contributed by atoms with Gasteiger partial charge in [0.25, 0.3) is 0 Å². The van der Waals surface area contributed by atoms with Crippen molar-refractivity contribution in [1.82, 2.24) is 9.78 Å². The van der Waals surface area contributed by atoms with Crippen LogP contribution in [0, 0.1) is 25.5 Å². The number of aryl methyl sites for hydroxylation is 2. The van der Waals surface area contributed by atoms with E-state index in [1.54, 1.807) is 4.68 Å². The predicted octanol–water partition coefficient (Wildman–Crippen LogP) is 2.51. The molecule has 1 heterocycles. The number of hydrogen-bond acceptors (Lipinski definition) is 2. The number of rotatable bonds is 3. The molecule has 0 radical (unpaired) electrons. The molecule has 0 aliphatic rings. The summed E-state index contributed by atoms with van der Waals surface area (Å²) in [7, 11) is 0. The zero-order valence-corrected chi connectivity index (χ0v) is 10.2. The van der Waals surface area contributed by atoms with Gasteiger partial charge < -0.3 is 5.11 Å². The molecule has 5 heteroatoms. The highest BCUT2D eigenvalue weighted by atomic mass is 19.1. The summed E-state index contributed by atoms with van der Waals surface area (Å²) < 4.78 is 28.1. The third kappa shape index (κ3) is 2.56. The molecule has 1 atom stereocenters. The van der Waals surface area contributed by atoms with Crippen molar-refractivity contribution in [1.29, 1.82) is 0 Å². The number of halogens is 2. The summed E-state index contributed by atoms with van der Waals surface area (Å²) in [5.41, 5.74) is 1.63. The first-order valence-electron chi connectivity index (χ1n) is 5.61. The molecule has 0 amide bonds. The van der Waals surface area contributed by atoms with Gasteiger partial charge in [0, 0.05) is 11.3 Å². The van der Waals surface area contributed by atoms with Crippen molar-refractivity contribution in [2.24, 2.45) is 0 Å². The minimum absolute atomic E-state index is 0.0532. The molecular weight excluding hydrogens is 238 g/mol. The Balaban J connectivity index is 2.24. The van der Waals surface area contributed by atoms with E-state index in [-0.39, 0.29) is 12.1 Å². The summed E-state index contributed by atoms with van der Waals surface area (Å²) in [6, 6.07) is 4.89. The number of nitrogens with zero attached hydrogens (tertiary/aromatic N) is 2. The van der Waals surface area contributed by atoms with E-state index in [1.165, 1.54) is 0 Å². The maximum atomic E-state index is 13.5. The van der Waals surface area contributed by atoms with Gasteiger partial charge in [0.2, 0.25) is 0 Å². The van der Waals surface area contributed by atoms with E-state index in [4.69, 9.17) is 0 Å². The third-order valence-electron chi connectivity index (χ3n) is 2.77. The van der Waals surface area contributed by atoms with Crippen molar-refractivity contribution in [3.8, 4) is 0 Å². The van der Waals surface area contributed by atoms with Gasteiger partial charge in [-0.15, -0.1) is 0 Å². The van der Waals surface area contributed by atoms with E-state index in [9.17, 15) is 13.9 Å². The van der Waals surface area contributed by atoms with Gasteiger partial charge in [-0.3, -0.25) is 4.68 Å². The highest BCUT2D eigenvalue weighted by Crippen LogP contribution is 2.20. The first-order chi connectivity index (χ1) is 8.47. The monoisotopic (exact) mass is 252 g/mol. The van der Waals surface area contributed by atoms with Crippen LogP contribution < -0.4 is 0 Å². The molecule has 18 heavy (non-hydrogen) atoms. The van der Waals surface area contributed by atoms with Crippen molar-refractivity contribution in [3.63, 3.8) is 0 Å². The summed E-state index contributed by atoms with van der Waals surface area (Å²) in [4.78, 5) is 0. The lowest BCUT2D eigenvalue weighted by Crippen LogP contribution is -2.13. The van der Waals surface area contributed by atoms with Crippen LogP contribution in [0.1, 0.15) is 23.1 Å². The number of benzene rings is 1. The van der Waals surface area contributed by atoms with Crippen molar-refractivity contribution in [2.75, 3.05) is 0 Å². The van der Waals surface area contributed by atoms with Crippen LogP contribution in [0.4, 0.5) is 8.78 Å². The normalized spacial score (nSPS) is 12.7. The number of hydrogen-bond donors (Lipinski definition) is 1. The molecule has 0 saturated carbocycles. The molecule has 2 aromatic rings. The van der Waals surface area contributed by atoms with E-state index >= 15 is 0 Å². The fraction of sp³-hybridized carbons (Fsp3) is 0.308. The van der Waals surface area contributed by atoms with E-state index in [1.807, 2.05) is 19.9 Å². The Morgan fingerprint density at radius 2 is 2.00 bits per heavy atom. The first kappa shape index (κ1) is 12.7.